The molecule has 1 aromatic heterocycles. The highest BCUT2D eigenvalue weighted by Crippen LogP contribution is 2.36. The fourth-order valence-electron chi connectivity index (χ4n) is 2.07. The van der Waals surface area contributed by atoms with Gasteiger partial charge in [-0.1, -0.05) is 11.6 Å². The average molecular weight is 347 g/mol. The molecule has 0 saturated heterocycles. The molecule has 0 bridgehead atoms. The molecule has 1 atom stereocenters. The predicted octanol–water partition coefficient (Wildman–Crippen LogP) is 2.99. The summed E-state index contributed by atoms with van der Waals surface area (Å²) in [5.74, 6) is -0.504. The normalized spacial score (nSPS) is 13.0. The molecule has 0 spiro atoms. The minimum absolute atomic E-state index is 0.0101. The second-order valence-electron chi connectivity index (χ2n) is 4.85. The summed E-state index contributed by atoms with van der Waals surface area (Å²) >= 11 is 5.55. The third-order valence-electron chi connectivity index (χ3n) is 3.15. The van der Waals surface area contributed by atoms with E-state index in [0.717, 1.165) is 12.1 Å². The number of nitrogens with one attached hydrogen (secondary N) is 2. The van der Waals surface area contributed by atoms with Crippen LogP contribution in [0.2, 0.25) is 5.02 Å². The molecule has 2 aromatic rings. The minimum Gasteiger partial charge on any atom is -0.324 e. The number of halogens is 4. The van der Waals surface area contributed by atoms with Crippen LogP contribution in [0.1, 0.15) is 17.2 Å². The molecule has 0 aliphatic rings. The van der Waals surface area contributed by atoms with E-state index in [1.54, 1.807) is 20.3 Å². The van der Waals surface area contributed by atoms with Gasteiger partial charge in [0.25, 0.3) is 0 Å². The summed E-state index contributed by atoms with van der Waals surface area (Å²) in [6.45, 7) is 0. The zero-order valence-corrected chi connectivity index (χ0v) is 13.0. The SMILES string of the molecule is CNC(C(=O)Nc1ccc(Cl)c(C(F)(F)F)c1)c1cnn(C)c1. The van der Waals surface area contributed by atoms with E-state index in [4.69, 9.17) is 11.6 Å². The Bertz CT molecular complexity index is 714. The van der Waals surface area contributed by atoms with E-state index in [0.29, 0.717) is 5.56 Å². The summed E-state index contributed by atoms with van der Waals surface area (Å²) in [6.07, 6.45) is -1.45. The van der Waals surface area contributed by atoms with Gasteiger partial charge in [-0.15, -0.1) is 0 Å². The zero-order chi connectivity index (χ0) is 17.2. The van der Waals surface area contributed by atoms with E-state index in [2.05, 4.69) is 15.7 Å². The van der Waals surface area contributed by atoms with Gasteiger partial charge in [0.2, 0.25) is 5.91 Å². The number of anilines is 1. The molecule has 1 unspecified atom stereocenters. The van der Waals surface area contributed by atoms with Crippen molar-refractivity contribution < 1.29 is 18.0 Å². The molecule has 2 N–H and O–H groups in total. The van der Waals surface area contributed by atoms with Crippen LogP contribution in [-0.4, -0.2) is 22.7 Å². The summed E-state index contributed by atoms with van der Waals surface area (Å²) in [5, 5.41) is 8.78. The third kappa shape index (κ3) is 4.02. The van der Waals surface area contributed by atoms with Crippen molar-refractivity contribution in [1.82, 2.24) is 15.1 Å². The maximum absolute atomic E-state index is 12.8. The van der Waals surface area contributed by atoms with Crippen molar-refractivity contribution in [3.05, 3.63) is 46.7 Å². The highest BCUT2D eigenvalue weighted by atomic mass is 35.5. The number of benzene rings is 1. The summed E-state index contributed by atoms with van der Waals surface area (Å²) in [7, 11) is 3.27. The highest BCUT2D eigenvalue weighted by molar-refractivity contribution is 6.31. The Morgan fingerprint density at radius 3 is 2.61 bits per heavy atom. The molecule has 2 rings (SSSR count). The van der Waals surface area contributed by atoms with Gasteiger partial charge in [-0.05, 0) is 25.2 Å². The lowest BCUT2D eigenvalue weighted by Gasteiger charge is -2.16. The van der Waals surface area contributed by atoms with Gasteiger partial charge in [0, 0.05) is 24.5 Å². The monoisotopic (exact) mass is 346 g/mol. The predicted molar refractivity (Wildman–Crippen MR) is 80.1 cm³/mol. The number of aryl methyl sites for hydroxylation is 1. The Labute approximate surface area is 135 Å². The fraction of sp³-hybridized carbons (Fsp3) is 0.286. The number of alkyl halides is 3. The van der Waals surface area contributed by atoms with Crippen molar-refractivity contribution in [2.75, 3.05) is 12.4 Å². The lowest BCUT2D eigenvalue weighted by Crippen LogP contribution is -2.30. The highest BCUT2D eigenvalue weighted by Gasteiger charge is 2.33. The first-order valence-corrected chi connectivity index (χ1v) is 6.93. The van der Waals surface area contributed by atoms with Crippen LogP contribution in [0.5, 0.6) is 0 Å². The molecule has 1 heterocycles. The Morgan fingerprint density at radius 1 is 1.39 bits per heavy atom. The number of carbonyl (C=O) groups excluding carboxylic acids is 1. The molecule has 0 saturated carbocycles. The summed E-state index contributed by atoms with van der Waals surface area (Å²) in [5.41, 5.74) is -0.396. The maximum atomic E-state index is 12.8. The number of amides is 1. The number of aromatic nitrogens is 2. The van der Waals surface area contributed by atoms with E-state index in [9.17, 15) is 18.0 Å². The topological polar surface area (TPSA) is 59.0 Å². The fourth-order valence-corrected chi connectivity index (χ4v) is 2.30. The van der Waals surface area contributed by atoms with Crippen LogP contribution in [0.15, 0.2) is 30.6 Å². The molecule has 124 valence electrons. The minimum atomic E-state index is -4.59. The van der Waals surface area contributed by atoms with Gasteiger partial charge in [0.1, 0.15) is 6.04 Å². The van der Waals surface area contributed by atoms with Gasteiger partial charge in [-0.3, -0.25) is 9.48 Å². The second-order valence-corrected chi connectivity index (χ2v) is 5.26. The average Bonchev–Trinajstić information content (AvgIpc) is 2.87. The van der Waals surface area contributed by atoms with E-state index in [1.165, 1.54) is 16.9 Å². The first-order valence-electron chi connectivity index (χ1n) is 6.56. The van der Waals surface area contributed by atoms with E-state index in [-0.39, 0.29) is 5.69 Å². The molecule has 1 aromatic carbocycles. The lowest BCUT2D eigenvalue weighted by molar-refractivity contribution is -0.137. The van der Waals surface area contributed by atoms with Gasteiger partial charge in [-0.25, -0.2) is 0 Å². The van der Waals surface area contributed by atoms with Crippen LogP contribution < -0.4 is 10.6 Å². The largest absolute Gasteiger partial charge is 0.417 e. The van der Waals surface area contributed by atoms with Crippen molar-refractivity contribution >= 4 is 23.2 Å². The van der Waals surface area contributed by atoms with Crippen molar-refractivity contribution in [2.45, 2.75) is 12.2 Å². The van der Waals surface area contributed by atoms with Crippen LogP contribution in [-0.2, 0) is 18.0 Å². The quantitative estimate of drug-likeness (QED) is 0.894. The molecule has 9 heteroatoms. The van der Waals surface area contributed by atoms with Crippen molar-refractivity contribution in [3.63, 3.8) is 0 Å². The Balaban J connectivity index is 2.22. The number of nitrogens with zero attached hydrogens (tertiary/aromatic N) is 2. The van der Waals surface area contributed by atoms with Crippen LogP contribution in [0, 0.1) is 0 Å². The van der Waals surface area contributed by atoms with Gasteiger partial charge >= 0.3 is 6.18 Å². The third-order valence-corrected chi connectivity index (χ3v) is 3.48. The lowest BCUT2D eigenvalue weighted by atomic mass is 10.1. The van der Waals surface area contributed by atoms with Crippen molar-refractivity contribution in [1.29, 1.82) is 0 Å². The molecular formula is C14H14ClF3N4O. The Kier molecular flexibility index (Phi) is 4.96. The number of hydrogen-bond donors (Lipinski definition) is 2. The van der Waals surface area contributed by atoms with E-state index in [1.807, 2.05) is 0 Å². The van der Waals surface area contributed by atoms with Gasteiger partial charge < -0.3 is 10.6 Å². The summed E-state index contributed by atoms with van der Waals surface area (Å²) in [4.78, 5) is 12.3. The molecular weight excluding hydrogens is 333 g/mol. The van der Waals surface area contributed by atoms with Crippen LogP contribution in [0.25, 0.3) is 0 Å². The molecule has 1 amide bonds. The first kappa shape index (κ1) is 17.3. The number of hydrogen-bond acceptors (Lipinski definition) is 3. The smallest absolute Gasteiger partial charge is 0.324 e. The van der Waals surface area contributed by atoms with Crippen LogP contribution >= 0.6 is 11.6 Å². The summed E-state index contributed by atoms with van der Waals surface area (Å²) < 4.78 is 40.0. The first-order chi connectivity index (χ1) is 10.7. The molecule has 0 radical (unpaired) electrons. The Morgan fingerprint density at radius 2 is 2.09 bits per heavy atom. The molecule has 5 nitrogen and oxygen atoms in total. The van der Waals surface area contributed by atoms with Gasteiger partial charge in [-0.2, -0.15) is 18.3 Å². The van der Waals surface area contributed by atoms with Crippen molar-refractivity contribution in [2.24, 2.45) is 7.05 Å². The second kappa shape index (κ2) is 6.59. The van der Waals surface area contributed by atoms with E-state index < -0.39 is 28.7 Å². The number of carbonyl (C=O) groups is 1. The van der Waals surface area contributed by atoms with E-state index >= 15 is 0 Å². The summed E-state index contributed by atoms with van der Waals surface area (Å²) in [6, 6.07) is 2.47. The molecule has 0 aliphatic heterocycles. The Hall–Kier alpha value is -2.06. The maximum Gasteiger partial charge on any atom is 0.417 e. The number of rotatable bonds is 4. The van der Waals surface area contributed by atoms with Gasteiger partial charge in [0.05, 0.1) is 16.8 Å². The van der Waals surface area contributed by atoms with Crippen LogP contribution in [0.3, 0.4) is 0 Å². The molecule has 0 fully saturated rings. The standard InChI is InChI=1S/C14H14ClF3N4O/c1-19-12(8-6-20-22(2)7-8)13(23)21-9-3-4-11(15)10(5-9)14(16,17)18/h3-7,12,19H,1-2H3,(H,21,23). The number of likely N-dealkylation sites (N-methyl/N-ethyl adjacent to an activating group) is 1. The molecule has 0 aliphatic carbocycles. The van der Waals surface area contributed by atoms with Crippen LogP contribution in [0.4, 0.5) is 18.9 Å². The zero-order valence-electron chi connectivity index (χ0n) is 12.3. The van der Waals surface area contributed by atoms with Crippen molar-refractivity contribution in [3.8, 4) is 0 Å². The molecule has 23 heavy (non-hydrogen) atoms. The van der Waals surface area contributed by atoms with Gasteiger partial charge in [0.15, 0.2) is 0 Å².